The monoisotopic (exact) mass is 488 g/mol. The van der Waals surface area contributed by atoms with E-state index in [1.807, 2.05) is 72.8 Å². The standard InChI is InChI=1S/C27H24N2O5S/c1-31-21-10-5-6-11-22(21)33-14-7-15-34-23-13-12-18(16-24(23)32-2)17-25-26(30)29-20-9-4-3-8-19(20)28-27(29)35-25/h3-6,8-13,16-17H,7,14-15H2,1-2H3. The number of hydrogen-bond acceptors (Lipinski definition) is 7. The van der Waals surface area contributed by atoms with E-state index in [-0.39, 0.29) is 5.56 Å². The minimum absolute atomic E-state index is 0.0759. The molecule has 0 fully saturated rings. The van der Waals surface area contributed by atoms with Crippen LogP contribution in [0.1, 0.15) is 12.0 Å². The summed E-state index contributed by atoms with van der Waals surface area (Å²) < 4.78 is 24.8. The zero-order valence-corrected chi connectivity index (χ0v) is 20.2. The normalized spacial score (nSPS) is 11.8. The van der Waals surface area contributed by atoms with Gasteiger partial charge in [0.1, 0.15) is 0 Å². The van der Waals surface area contributed by atoms with Crippen LogP contribution >= 0.6 is 11.3 Å². The Labute approximate surface area is 205 Å². The van der Waals surface area contributed by atoms with Crippen molar-refractivity contribution in [2.24, 2.45) is 0 Å². The van der Waals surface area contributed by atoms with Crippen molar-refractivity contribution in [1.29, 1.82) is 0 Å². The van der Waals surface area contributed by atoms with Crippen LogP contribution in [-0.4, -0.2) is 36.8 Å². The average Bonchev–Trinajstić information content (AvgIpc) is 3.40. The lowest BCUT2D eigenvalue weighted by molar-refractivity contribution is 0.234. The molecular formula is C27H24N2O5S. The smallest absolute Gasteiger partial charge is 0.274 e. The van der Waals surface area contributed by atoms with E-state index in [1.165, 1.54) is 11.3 Å². The molecular weight excluding hydrogens is 464 g/mol. The molecule has 35 heavy (non-hydrogen) atoms. The first-order valence-electron chi connectivity index (χ1n) is 11.2. The van der Waals surface area contributed by atoms with Gasteiger partial charge < -0.3 is 18.9 Å². The van der Waals surface area contributed by atoms with Crippen molar-refractivity contribution in [3.05, 3.63) is 87.2 Å². The Bertz CT molecular complexity index is 1590. The molecule has 3 aromatic carbocycles. The highest BCUT2D eigenvalue weighted by Crippen LogP contribution is 2.29. The van der Waals surface area contributed by atoms with Crippen LogP contribution in [0.25, 0.3) is 22.1 Å². The SMILES string of the molecule is COc1ccccc1OCCCOc1ccc(C=c2sc3nc4ccccc4n3c2=O)cc1OC. The second kappa shape index (κ2) is 10.1. The molecule has 0 N–H and O–H groups in total. The zero-order valence-electron chi connectivity index (χ0n) is 19.4. The Morgan fingerprint density at radius 2 is 1.54 bits per heavy atom. The first kappa shape index (κ1) is 22.7. The predicted octanol–water partition coefficient (Wildman–Crippen LogP) is 4.32. The Balaban J connectivity index is 1.27. The molecule has 0 saturated carbocycles. The fourth-order valence-electron chi connectivity index (χ4n) is 3.82. The highest BCUT2D eigenvalue weighted by molar-refractivity contribution is 7.15. The van der Waals surface area contributed by atoms with Gasteiger partial charge in [0.05, 0.1) is 43.0 Å². The summed E-state index contributed by atoms with van der Waals surface area (Å²) >= 11 is 1.37. The molecule has 0 unspecified atom stereocenters. The number of thiazole rings is 1. The van der Waals surface area contributed by atoms with Gasteiger partial charge in [0.25, 0.3) is 5.56 Å². The molecule has 2 heterocycles. The van der Waals surface area contributed by atoms with Gasteiger partial charge in [0.15, 0.2) is 28.0 Å². The molecule has 0 spiro atoms. The third-order valence-electron chi connectivity index (χ3n) is 5.50. The van der Waals surface area contributed by atoms with Crippen molar-refractivity contribution in [3.8, 4) is 23.0 Å². The van der Waals surface area contributed by atoms with Crippen molar-refractivity contribution in [2.75, 3.05) is 27.4 Å². The largest absolute Gasteiger partial charge is 0.493 e. The molecule has 5 rings (SSSR count). The van der Waals surface area contributed by atoms with Gasteiger partial charge in [-0.1, -0.05) is 41.7 Å². The quantitative estimate of drug-likeness (QED) is 0.288. The summed E-state index contributed by atoms with van der Waals surface area (Å²) in [5.41, 5.74) is 2.41. The van der Waals surface area contributed by atoms with Crippen LogP contribution in [0.15, 0.2) is 71.5 Å². The molecule has 0 bridgehead atoms. The lowest BCUT2D eigenvalue weighted by Gasteiger charge is -2.12. The second-order valence-corrected chi connectivity index (χ2v) is 8.76. The second-order valence-electron chi connectivity index (χ2n) is 7.75. The van der Waals surface area contributed by atoms with E-state index in [9.17, 15) is 4.79 Å². The zero-order chi connectivity index (χ0) is 24.2. The number of fused-ring (bicyclic) bond motifs is 3. The van der Waals surface area contributed by atoms with Crippen LogP contribution in [0.3, 0.4) is 0 Å². The van der Waals surface area contributed by atoms with Crippen molar-refractivity contribution in [3.63, 3.8) is 0 Å². The van der Waals surface area contributed by atoms with Crippen LogP contribution in [0.5, 0.6) is 23.0 Å². The highest BCUT2D eigenvalue weighted by Gasteiger charge is 2.11. The molecule has 178 valence electrons. The molecule has 0 aliphatic heterocycles. The number of hydrogen-bond donors (Lipinski definition) is 0. The van der Waals surface area contributed by atoms with Crippen molar-refractivity contribution in [1.82, 2.24) is 9.38 Å². The van der Waals surface area contributed by atoms with Gasteiger partial charge in [-0.3, -0.25) is 4.79 Å². The van der Waals surface area contributed by atoms with Crippen LogP contribution < -0.4 is 29.0 Å². The van der Waals surface area contributed by atoms with E-state index in [1.54, 1.807) is 18.6 Å². The van der Waals surface area contributed by atoms with Gasteiger partial charge in [-0.05, 0) is 48.0 Å². The van der Waals surface area contributed by atoms with Crippen LogP contribution in [0.4, 0.5) is 0 Å². The number of imidazole rings is 1. The van der Waals surface area contributed by atoms with Gasteiger partial charge in [0.2, 0.25) is 0 Å². The summed E-state index contributed by atoms with van der Waals surface area (Å²) in [5.74, 6) is 2.65. The Morgan fingerprint density at radius 3 is 2.31 bits per heavy atom. The maximum atomic E-state index is 13.0. The van der Waals surface area contributed by atoms with Crippen LogP contribution in [-0.2, 0) is 0 Å². The van der Waals surface area contributed by atoms with E-state index in [2.05, 4.69) is 4.98 Å². The number of ether oxygens (including phenoxy) is 4. The van der Waals surface area contributed by atoms with E-state index in [4.69, 9.17) is 18.9 Å². The minimum Gasteiger partial charge on any atom is -0.493 e. The molecule has 0 aliphatic rings. The Kier molecular flexibility index (Phi) is 6.54. The summed E-state index contributed by atoms with van der Waals surface area (Å²) in [4.78, 5) is 18.2. The predicted molar refractivity (Wildman–Crippen MR) is 137 cm³/mol. The number of para-hydroxylation sites is 4. The third kappa shape index (κ3) is 4.65. The van der Waals surface area contributed by atoms with Gasteiger partial charge in [-0.15, -0.1) is 0 Å². The summed E-state index contributed by atoms with van der Waals surface area (Å²) in [6.07, 6.45) is 2.54. The van der Waals surface area contributed by atoms with Crippen molar-refractivity contribution in [2.45, 2.75) is 6.42 Å². The molecule has 5 aromatic rings. The average molecular weight is 489 g/mol. The van der Waals surface area contributed by atoms with E-state index >= 15 is 0 Å². The Morgan fingerprint density at radius 1 is 0.857 bits per heavy atom. The number of aromatic nitrogens is 2. The van der Waals surface area contributed by atoms with Gasteiger partial charge >= 0.3 is 0 Å². The maximum Gasteiger partial charge on any atom is 0.274 e. The number of benzene rings is 3. The highest BCUT2D eigenvalue weighted by atomic mass is 32.1. The first-order valence-corrected chi connectivity index (χ1v) is 12.0. The molecule has 0 amide bonds. The minimum atomic E-state index is -0.0759. The molecule has 0 atom stereocenters. The molecule has 0 aliphatic carbocycles. The summed E-state index contributed by atoms with van der Waals surface area (Å²) in [6, 6.07) is 20.8. The molecule has 7 nitrogen and oxygen atoms in total. The van der Waals surface area contributed by atoms with E-state index in [0.29, 0.717) is 52.1 Å². The summed E-state index contributed by atoms with van der Waals surface area (Å²) in [5, 5.41) is 0. The topological polar surface area (TPSA) is 71.3 Å². The van der Waals surface area contributed by atoms with Gasteiger partial charge in [-0.25, -0.2) is 9.38 Å². The fraction of sp³-hybridized carbons (Fsp3) is 0.185. The maximum absolute atomic E-state index is 13.0. The Hall–Kier alpha value is -4.04. The third-order valence-corrected chi connectivity index (χ3v) is 6.47. The summed E-state index contributed by atoms with van der Waals surface area (Å²) in [7, 11) is 3.22. The summed E-state index contributed by atoms with van der Waals surface area (Å²) in [6.45, 7) is 0.962. The van der Waals surface area contributed by atoms with Crippen LogP contribution in [0, 0.1) is 0 Å². The lowest BCUT2D eigenvalue weighted by atomic mass is 10.2. The van der Waals surface area contributed by atoms with Crippen LogP contribution in [0.2, 0.25) is 0 Å². The molecule has 0 radical (unpaired) electrons. The first-order chi connectivity index (χ1) is 17.2. The van der Waals surface area contributed by atoms with E-state index in [0.717, 1.165) is 16.6 Å². The van der Waals surface area contributed by atoms with Crippen molar-refractivity contribution < 1.29 is 18.9 Å². The fourth-order valence-corrected chi connectivity index (χ4v) is 4.80. The van der Waals surface area contributed by atoms with Gasteiger partial charge in [0, 0.05) is 6.42 Å². The number of methoxy groups -OCH3 is 2. The van der Waals surface area contributed by atoms with Gasteiger partial charge in [-0.2, -0.15) is 0 Å². The van der Waals surface area contributed by atoms with E-state index < -0.39 is 0 Å². The molecule has 0 saturated heterocycles. The molecule has 2 aromatic heterocycles. The molecule has 8 heteroatoms. The number of rotatable bonds is 9. The number of nitrogens with zero attached hydrogens (tertiary/aromatic N) is 2. The lowest BCUT2D eigenvalue weighted by Crippen LogP contribution is -2.22. The van der Waals surface area contributed by atoms with Crippen molar-refractivity contribution >= 4 is 33.4 Å².